The molecule has 2 saturated heterocycles. The molecule has 2 aliphatic rings. The first-order valence-electron chi connectivity index (χ1n) is 13.9. The van der Waals surface area contributed by atoms with E-state index in [-0.39, 0.29) is 17.4 Å². The minimum atomic E-state index is -4.68. The Bertz CT molecular complexity index is 1440. The summed E-state index contributed by atoms with van der Waals surface area (Å²) >= 11 is 0. The molecule has 3 aromatic rings. The number of ether oxygens (including phenoxy) is 2. The molecule has 0 unspecified atom stereocenters. The van der Waals surface area contributed by atoms with Crippen LogP contribution in [0.5, 0.6) is 5.88 Å². The van der Waals surface area contributed by atoms with Gasteiger partial charge in [0.15, 0.2) is 6.04 Å². The van der Waals surface area contributed by atoms with Crippen LogP contribution in [0, 0.1) is 5.92 Å². The number of carbonyl (C=O) groups is 2. The summed E-state index contributed by atoms with van der Waals surface area (Å²) < 4.78 is 54.0. The van der Waals surface area contributed by atoms with Gasteiger partial charge in [-0.15, -0.1) is 0 Å². The quantitative estimate of drug-likeness (QED) is 0.407. The fourth-order valence-electron chi connectivity index (χ4n) is 5.85. The third-order valence-electron chi connectivity index (χ3n) is 8.11. The summed E-state index contributed by atoms with van der Waals surface area (Å²) in [5, 5.41) is 3.31. The number of pyridine rings is 2. The number of hydrogen-bond acceptors (Lipinski definition) is 7. The molecule has 9 nitrogen and oxygen atoms in total. The molecular weight excluding hydrogens is 551 g/mol. The molecule has 0 radical (unpaired) electrons. The van der Waals surface area contributed by atoms with Crippen molar-refractivity contribution in [3.63, 3.8) is 0 Å². The van der Waals surface area contributed by atoms with Crippen LogP contribution >= 0.6 is 0 Å². The van der Waals surface area contributed by atoms with Gasteiger partial charge in [0.25, 0.3) is 0 Å². The number of fused-ring (bicyclic) bond motifs is 1. The predicted octanol–water partition coefficient (Wildman–Crippen LogP) is 5.21. The molecule has 2 aliphatic heterocycles. The van der Waals surface area contributed by atoms with Crippen molar-refractivity contribution in [1.29, 1.82) is 0 Å². The van der Waals surface area contributed by atoms with Crippen LogP contribution in [0.15, 0.2) is 42.6 Å². The van der Waals surface area contributed by atoms with Crippen molar-refractivity contribution in [3.05, 3.63) is 53.7 Å². The zero-order valence-electron chi connectivity index (χ0n) is 23.8. The lowest BCUT2D eigenvalue weighted by Gasteiger charge is -2.36. The average molecular weight is 586 g/mol. The number of nitrogens with zero attached hydrogens (tertiary/aromatic N) is 4. The topological polar surface area (TPSA) is 96.9 Å². The number of hydrogen-bond donors (Lipinski definition) is 1. The summed E-state index contributed by atoms with van der Waals surface area (Å²) in [4.78, 5) is 36.3. The van der Waals surface area contributed by atoms with Gasteiger partial charge in [-0.2, -0.15) is 13.2 Å². The molecule has 0 spiro atoms. The van der Waals surface area contributed by atoms with Gasteiger partial charge in [0.05, 0.1) is 36.6 Å². The molecule has 224 valence electrons. The number of aromatic nitrogens is 2. The van der Waals surface area contributed by atoms with Crippen LogP contribution in [0.2, 0.25) is 0 Å². The third kappa shape index (κ3) is 6.13. The number of piperidine rings is 1. The van der Waals surface area contributed by atoms with Gasteiger partial charge < -0.3 is 24.6 Å². The normalized spacial score (nSPS) is 18.6. The zero-order chi connectivity index (χ0) is 30.0. The summed E-state index contributed by atoms with van der Waals surface area (Å²) in [5.41, 5.74) is 3.49. The van der Waals surface area contributed by atoms with Gasteiger partial charge in [0.2, 0.25) is 17.7 Å². The molecule has 2 amide bonds. The summed E-state index contributed by atoms with van der Waals surface area (Å²) in [6, 6.07) is 7.37. The van der Waals surface area contributed by atoms with E-state index in [4.69, 9.17) is 9.47 Å². The minimum absolute atomic E-state index is 0.0440. The minimum Gasteiger partial charge on any atom is -0.481 e. The second kappa shape index (κ2) is 12.1. The number of halogens is 3. The number of likely N-dealkylation sites (tertiary alicyclic amines) is 1. The number of rotatable bonds is 7. The molecule has 2 fully saturated rings. The Morgan fingerprint density at radius 3 is 2.43 bits per heavy atom. The second-order valence-corrected chi connectivity index (χ2v) is 10.8. The maximum atomic E-state index is 14.3. The van der Waals surface area contributed by atoms with Crippen LogP contribution in [0.1, 0.15) is 49.3 Å². The van der Waals surface area contributed by atoms with Crippen molar-refractivity contribution in [2.75, 3.05) is 45.8 Å². The molecule has 12 heteroatoms. The molecule has 5 rings (SSSR count). The lowest BCUT2D eigenvalue weighted by Crippen LogP contribution is -2.46. The number of carbonyl (C=O) groups excluding carboxylic acids is 2. The maximum absolute atomic E-state index is 14.3. The Kier molecular flexibility index (Phi) is 8.53. The Morgan fingerprint density at radius 1 is 1.12 bits per heavy atom. The molecule has 2 aromatic heterocycles. The SMILES string of the molecule is COc1ccc2ncc(Nc3ccc([C@H](N(C)C(=O)C4CCN(C(C)=O)CC4)C(F)(F)F)cc3)c([C@@H]3CCOC3)c2n1. The molecule has 0 bridgehead atoms. The van der Waals surface area contributed by atoms with Crippen LogP contribution in [-0.2, 0) is 14.3 Å². The highest BCUT2D eigenvalue weighted by molar-refractivity contribution is 5.85. The summed E-state index contributed by atoms with van der Waals surface area (Å²) in [6.07, 6.45) is -1.51. The van der Waals surface area contributed by atoms with Gasteiger partial charge in [0, 0.05) is 62.8 Å². The Labute approximate surface area is 242 Å². The lowest BCUT2D eigenvalue weighted by molar-refractivity contribution is -0.191. The van der Waals surface area contributed by atoms with Gasteiger partial charge in [-0.05, 0) is 43.0 Å². The van der Waals surface area contributed by atoms with E-state index in [2.05, 4.69) is 15.3 Å². The number of anilines is 2. The van der Waals surface area contributed by atoms with Crippen LogP contribution in [0.4, 0.5) is 24.5 Å². The van der Waals surface area contributed by atoms with Gasteiger partial charge in [0.1, 0.15) is 0 Å². The van der Waals surface area contributed by atoms with E-state index >= 15 is 0 Å². The smallest absolute Gasteiger partial charge is 0.413 e. The number of methoxy groups -OCH3 is 1. The van der Waals surface area contributed by atoms with Crippen molar-refractivity contribution in [3.8, 4) is 5.88 Å². The summed E-state index contributed by atoms with van der Waals surface area (Å²) in [5.74, 6) is -0.727. The van der Waals surface area contributed by atoms with Crippen LogP contribution in [0.3, 0.4) is 0 Å². The molecule has 0 saturated carbocycles. The van der Waals surface area contributed by atoms with E-state index in [0.717, 1.165) is 16.9 Å². The number of benzene rings is 1. The highest BCUT2D eigenvalue weighted by Crippen LogP contribution is 2.40. The molecule has 1 aromatic carbocycles. The maximum Gasteiger partial charge on any atom is 0.413 e. The molecule has 4 heterocycles. The second-order valence-electron chi connectivity index (χ2n) is 10.8. The van der Waals surface area contributed by atoms with Crippen molar-refractivity contribution in [2.24, 2.45) is 5.92 Å². The Morgan fingerprint density at radius 2 is 1.83 bits per heavy atom. The van der Waals surface area contributed by atoms with E-state index in [9.17, 15) is 22.8 Å². The highest BCUT2D eigenvalue weighted by Gasteiger charge is 2.46. The molecular formula is C30H34F3N5O4. The average Bonchev–Trinajstić information content (AvgIpc) is 3.51. The van der Waals surface area contributed by atoms with E-state index in [1.54, 1.807) is 36.4 Å². The molecule has 0 aliphatic carbocycles. The number of nitrogens with one attached hydrogen (secondary N) is 1. The number of alkyl halides is 3. The largest absolute Gasteiger partial charge is 0.481 e. The molecule has 2 atom stereocenters. The molecule has 42 heavy (non-hydrogen) atoms. The fourth-order valence-corrected chi connectivity index (χ4v) is 5.85. The monoisotopic (exact) mass is 585 g/mol. The number of amides is 2. The Hall–Kier alpha value is -3.93. The van der Waals surface area contributed by atoms with E-state index < -0.39 is 24.0 Å². The summed E-state index contributed by atoms with van der Waals surface area (Å²) in [6.45, 7) is 3.30. The zero-order valence-corrected chi connectivity index (χ0v) is 23.8. The third-order valence-corrected chi connectivity index (χ3v) is 8.11. The fraction of sp³-hybridized carbons (Fsp3) is 0.467. The van der Waals surface area contributed by atoms with Crippen molar-refractivity contribution >= 4 is 34.2 Å². The molecule has 1 N–H and O–H groups in total. The van der Waals surface area contributed by atoms with Crippen LogP contribution in [-0.4, -0.2) is 78.2 Å². The van der Waals surface area contributed by atoms with Crippen molar-refractivity contribution in [2.45, 2.75) is 44.3 Å². The highest BCUT2D eigenvalue weighted by atomic mass is 19.4. The standard InChI is InChI=1S/C30H34F3N5O4/c1-18(39)38-13-10-20(11-14-38)29(40)37(2)28(30(31,32)33)19-4-6-22(7-5-19)35-24-16-34-23-8-9-25(41-3)36-27(23)26(24)21-12-15-42-17-21/h4-9,16,20-21,28,35H,10-15,17H2,1-3H3/t21-,28+/m1/s1. The lowest BCUT2D eigenvalue weighted by atomic mass is 9.93. The van der Waals surface area contributed by atoms with Crippen molar-refractivity contribution in [1.82, 2.24) is 19.8 Å². The van der Waals surface area contributed by atoms with E-state index in [0.29, 0.717) is 67.4 Å². The van der Waals surface area contributed by atoms with Crippen molar-refractivity contribution < 1.29 is 32.2 Å². The first-order chi connectivity index (χ1) is 20.1. The Balaban J connectivity index is 1.39. The van der Waals surface area contributed by atoms with Crippen LogP contribution < -0.4 is 10.1 Å². The van der Waals surface area contributed by atoms with E-state index in [1.807, 2.05) is 6.07 Å². The first kappa shape index (κ1) is 29.6. The predicted molar refractivity (Wildman–Crippen MR) is 151 cm³/mol. The van der Waals surface area contributed by atoms with E-state index in [1.165, 1.54) is 26.1 Å². The van der Waals surface area contributed by atoms with Gasteiger partial charge in [-0.1, -0.05) is 12.1 Å². The summed E-state index contributed by atoms with van der Waals surface area (Å²) in [7, 11) is 2.74. The van der Waals surface area contributed by atoms with Crippen LogP contribution in [0.25, 0.3) is 11.0 Å². The van der Waals surface area contributed by atoms with Gasteiger partial charge in [-0.3, -0.25) is 14.6 Å². The van der Waals surface area contributed by atoms with Gasteiger partial charge >= 0.3 is 6.18 Å². The van der Waals surface area contributed by atoms with Gasteiger partial charge in [-0.25, -0.2) is 4.98 Å². The first-order valence-corrected chi connectivity index (χ1v) is 13.9.